The monoisotopic (exact) mass is 574 g/mol. The summed E-state index contributed by atoms with van der Waals surface area (Å²) in [6, 6.07) is 9.15. The van der Waals surface area contributed by atoms with Crippen LogP contribution in [0.1, 0.15) is 125 Å². The lowest BCUT2D eigenvalue weighted by Gasteiger charge is -2.37. The number of hydrogen-bond donors (Lipinski definition) is 0. The van der Waals surface area contributed by atoms with Crippen molar-refractivity contribution in [2.24, 2.45) is 11.3 Å². The molecule has 2 heterocycles. The molecule has 1 fully saturated rings. The van der Waals surface area contributed by atoms with Gasteiger partial charge in [0.15, 0.2) is 6.10 Å². The number of ether oxygens (including phenoxy) is 1. The van der Waals surface area contributed by atoms with Gasteiger partial charge in [0.2, 0.25) is 0 Å². The number of benzene rings is 1. The van der Waals surface area contributed by atoms with E-state index in [1.807, 2.05) is 0 Å². The van der Waals surface area contributed by atoms with Gasteiger partial charge in [-0.3, -0.25) is 4.98 Å². The zero-order valence-electron chi connectivity index (χ0n) is 21.7. The summed E-state index contributed by atoms with van der Waals surface area (Å²) in [4.78, 5) is 5.34. The summed E-state index contributed by atoms with van der Waals surface area (Å²) in [7, 11) is 0. The third-order valence-electron chi connectivity index (χ3n) is 8.13. The average Bonchev–Trinajstić information content (AvgIpc) is 3.27. The van der Waals surface area contributed by atoms with E-state index in [4.69, 9.17) is 9.72 Å². The molecule has 1 aromatic heterocycles. The fraction of sp³-hybridized carbons (Fsp3) is 0.633. The molecule has 3 aliphatic rings. The van der Waals surface area contributed by atoms with E-state index in [2.05, 4.69) is 88.4 Å². The van der Waals surface area contributed by atoms with E-state index >= 15 is 0 Å². The molecular formula is C30H41INO2+. The molecule has 3 nitrogen and oxygen atoms in total. The first-order valence-corrected chi connectivity index (χ1v) is 14.5. The highest BCUT2D eigenvalue weighted by Crippen LogP contribution is 2.61. The van der Waals surface area contributed by atoms with Gasteiger partial charge in [-0.05, 0) is 60.5 Å². The van der Waals surface area contributed by atoms with E-state index in [1.165, 1.54) is 52.0 Å². The molecule has 4 heteroatoms. The summed E-state index contributed by atoms with van der Waals surface area (Å²) in [6.45, 7) is 13.7. The molecule has 4 atom stereocenters. The van der Waals surface area contributed by atoms with Crippen molar-refractivity contribution in [2.75, 3.05) is 0 Å². The summed E-state index contributed by atoms with van der Waals surface area (Å²) >= 11 is 2.64. The Morgan fingerprint density at radius 3 is 2.41 bits per heavy atom. The van der Waals surface area contributed by atoms with Crippen LogP contribution in [0.15, 0.2) is 24.3 Å². The fourth-order valence-corrected chi connectivity index (χ4v) is 7.96. The SMILES string of the molecule is CC(C)Cc1ccc(C2OC3(CCCC3I)c3c4c(nc(C(C)C)c32)CC(C)(C)CC4[OH2+])cc1. The van der Waals surface area contributed by atoms with Gasteiger partial charge in [0, 0.05) is 27.2 Å². The van der Waals surface area contributed by atoms with E-state index in [0.717, 1.165) is 25.7 Å². The van der Waals surface area contributed by atoms with Crippen molar-refractivity contribution in [2.45, 2.75) is 108 Å². The van der Waals surface area contributed by atoms with Crippen LogP contribution in [0.4, 0.5) is 0 Å². The molecule has 0 saturated heterocycles. The zero-order valence-corrected chi connectivity index (χ0v) is 23.8. The van der Waals surface area contributed by atoms with Crippen molar-refractivity contribution in [3.63, 3.8) is 0 Å². The van der Waals surface area contributed by atoms with E-state index in [9.17, 15) is 5.11 Å². The Morgan fingerprint density at radius 1 is 1.12 bits per heavy atom. The van der Waals surface area contributed by atoms with Crippen LogP contribution in [0.2, 0.25) is 0 Å². The molecule has 5 rings (SSSR count). The largest absolute Gasteiger partial charge is 0.440 e. The topological polar surface area (TPSA) is 45.0 Å². The Labute approximate surface area is 219 Å². The Hall–Kier alpha value is -0.980. The molecule has 1 aromatic carbocycles. The van der Waals surface area contributed by atoms with Crippen molar-refractivity contribution in [1.82, 2.24) is 4.98 Å². The molecule has 2 N–H and O–H groups in total. The van der Waals surface area contributed by atoms with Crippen molar-refractivity contribution in [3.05, 3.63) is 63.5 Å². The molecule has 184 valence electrons. The van der Waals surface area contributed by atoms with Gasteiger partial charge in [-0.1, -0.05) is 88.4 Å². The van der Waals surface area contributed by atoms with Gasteiger partial charge >= 0.3 is 0 Å². The van der Waals surface area contributed by atoms with Gasteiger partial charge in [0.05, 0.1) is 11.3 Å². The number of aromatic nitrogens is 1. The molecule has 2 aliphatic carbocycles. The van der Waals surface area contributed by atoms with E-state index < -0.39 is 0 Å². The predicted molar refractivity (Wildman–Crippen MR) is 148 cm³/mol. The van der Waals surface area contributed by atoms with Gasteiger partial charge in [-0.2, -0.15) is 0 Å². The molecule has 1 saturated carbocycles. The van der Waals surface area contributed by atoms with Gasteiger partial charge in [-0.15, -0.1) is 0 Å². The fourth-order valence-electron chi connectivity index (χ4n) is 6.75. The number of alkyl halides is 1. The third-order valence-corrected chi connectivity index (χ3v) is 9.76. The maximum atomic E-state index is 9.23. The van der Waals surface area contributed by atoms with Crippen LogP contribution in [0.3, 0.4) is 0 Å². The van der Waals surface area contributed by atoms with Gasteiger partial charge in [0.1, 0.15) is 11.7 Å². The second-order valence-corrected chi connectivity index (χ2v) is 14.0. The molecule has 0 bridgehead atoms. The molecule has 4 unspecified atom stereocenters. The van der Waals surface area contributed by atoms with Crippen LogP contribution in [-0.2, 0) is 23.2 Å². The summed E-state index contributed by atoms with van der Waals surface area (Å²) in [5, 5.41) is 9.23. The lowest BCUT2D eigenvalue weighted by atomic mass is 9.70. The van der Waals surface area contributed by atoms with Crippen LogP contribution in [0.5, 0.6) is 0 Å². The molecule has 34 heavy (non-hydrogen) atoms. The number of nitrogens with zero attached hydrogens (tertiary/aromatic N) is 1. The van der Waals surface area contributed by atoms with Crippen molar-refractivity contribution in [3.8, 4) is 0 Å². The number of pyridine rings is 1. The van der Waals surface area contributed by atoms with Crippen molar-refractivity contribution < 1.29 is 9.84 Å². The van der Waals surface area contributed by atoms with Gasteiger partial charge in [0.25, 0.3) is 0 Å². The van der Waals surface area contributed by atoms with Crippen LogP contribution >= 0.6 is 22.6 Å². The van der Waals surface area contributed by atoms with Crippen LogP contribution in [0, 0.1) is 11.3 Å². The summed E-state index contributed by atoms with van der Waals surface area (Å²) in [5.74, 6) is 0.973. The van der Waals surface area contributed by atoms with Crippen LogP contribution < -0.4 is 0 Å². The van der Waals surface area contributed by atoms with Crippen LogP contribution in [-0.4, -0.2) is 14.0 Å². The Balaban J connectivity index is 1.72. The van der Waals surface area contributed by atoms with E-state index in [1.54, 1.807) is 0 Å². The maximum Gasteiger partial charge on any atom is 0.182 e. The van der Waals surface area contributed by atoms with Crippen molar-refractivity contribution >= 4 is 22.6 Å². The Morgan fingerprint density at radius 2 is 1.82 bits per heavy atom. The molecule has 1 spiro atoms. The average molecular weight is 575 g/mol. The summed E-state index contributed by atoms with van der Waals surface area (Å²) < 4.78 is 7.66. The highest BCUT2D eigenvalue weighted by molar-refractivity contribution is 14.1. The highest BCUT2D eigenvalue weighted by atomic mass is 127. The molecule has 2 aromatic rings. The first-order chi connectivity index (χ1) is 16.0. The second kappa shape index (κ2) is 8.85. The second-order valence-electron chi connectivity index (χ2n) is 12.5. The minimum absolute atomic E-state index is 0.0872. The lowest BCUT2D eigenvalue weighted by molar-refractivity contribution is -0.0516. The van der Waals surface area contributed by atoms with Gasteiger partial charge < -0.3 is 9.84 Å². The summed E-state index contributed by atoms with van der Waals surface area (Å²) in [5.41, 5.74) is 8.70. The maximum absolute atomic E-state index is 9.23. The Kier molecular flexibility index (Phi) is 6.43. The van der Waals surface area contributed by atoms with E-state index in [-0.39, 0.29) is 23.2 Å². The normalized spacial score (nSPS) is 29.8. The predicted octanol–water partition coefficient (Wildman–Crippen LogP) is 7.44. The smallest absolute Gasteiger partial charge is 0.182 e. The lowest BCUT2D eigenvalue weighted by Crippen LogP contribution is -2.35. The minimum atomic E-state index is -0.283. The number of rotatable bonds is 4. The van der Waals surface area contributed by atoms with E-state index in [0.29, 0.717) is 15.8 Å². The van der Waals surface area contributed by atoms with Crippen LogP contribution in [0.25, 0.3) is 0 Å². The minimum Gasteiger partial charge on any atom is -0.440 e. The highest BCUT2D eigenvalue weighted by Gasteiger charge is 2.57. The molecule has 0 radical (unpaired) electrons. The zero-order chi connectivity index (χ0) is 24.4. The number of hydrogen-bond acceptors (Lipinski definition) is 2. The first-order valence-electron chi connectivity index (χ1n) is 13.2. The van der Waals surface area contributed by atoms with Gasteiger partial charge in [-0.25, -0.2) is 0 Å². The molecular weight excluding hydrogens is 533 g/mol. The third kappa shape index (κ3) is 4.06. The van der Waals surface area contributed by atoms with Crippen molar-refractivity contribution in [1.29, 1.82) is 0 Å². The summed E-state index contributed by atoms with van der Waals surface area (Å²) in [6.07, 6.45) is 6.07. The first kappa shape index (κ1) is 24.7. The number of halogens is 1. The quantitative estimate of drug-likeness (QED) is 0.216. The number of fused-ring (bicyclic) bond motifs is 4. The molecule has 1 aliphatic heterocycles. The Bertz CT molecular complexity index is 1070. The molecule has 0 amide bonds. The standard InChI is InChI=1S/C30H40INO2/c1-17(2)14-19-9-11-20(12-10-19)28-25-26(30(34-28)13-7-8-23(30)31)24-21(32-27(25)18(3)4)15-29(5,6)16-22(24)33/h9-12,17-18,22-23,28,33H,7-8,13-16H2,1-6H3/p+1.